The van der Waals surface area contributed by atoms with Crippen LogP contribution >= 0.6 is 0 Å². The summed E-state index contributed by atoms with van der Waals surface area (Å²) in [4.78, 5) is 13.3. The van der Waals surface area contributed by atoms with Gasteiger partial charge in [-0.2, -0.15) is 17.4 Å². The zero-order valence-corrected chi connectivity index (χ0v) is 23.6. The van der Waals surface area contributed by atoms with Crippen molar-refractivity contribution < 1.29 is 32.4 Å². The second kappa shape index (κ2) is 10.9. The number of nitrogens with zero attached hydrogens (tertiary/aromatic N) is 1. The van der Waals surface area contributed by atoms with Gasteiger partial charge in [0.2, 0.25) is 0 Å². The highest BCUT2D eigenvalue weighted by Crippen LogP contribution is 2.39. The predicted molar refractivity (Wildman–Crippen MR) is 142 cm³/mol. The Morgan fingerprint density at radius 3 is 2.38 bits per heavy atom. The number of ether oxygens (including phenoxy) is 1. The molecule has 2 aliphatic rings. The molecule has 37 heavy (non-hydrogen) atoms. The van der Waals surface area contributed by atoms with Crippen molar-refractivity contribution in [2.24, 2.45) is 11.7 Å². The van der Waals surface area contributed by atoms with Gasteiger partial charge in [-0.15, -0.1) is 0 Å². The minimum absolute atomic E-state index is 0.0446. The quantitative estimate of drug-likeness (QED) is 0.286. The summed E-state index contributed by atoms with van der Waals surface area (Å²) in [6, 6.07) is 9.23. The van der Waals surface area contributed by atoms with Gasteiger partial charge in [-0.1, -0.05) is 36.8 Å². The maximum absolute atomic E-state index is 13.3. The SMILES string of the molecule is CC(C)(O)CNS(=O)(=O)N1CC(CCCB2OC(C)(C)C(C)(C)O2)C(N)(C(=O)OCc2ccccc2)C1. The number of carbonyl (C=O) groups excluding carboxylic acids is 1. The maximum atomic E-state index is 13.3. The number of nitrogens with two attached hydrogens (primary N) is 1. The third-order valence-corrected chi connectivity index (χ3v) is 8.97. The molecule has 0 radical (unpaired) electrons. The summed E-state index contributed by atoms with van der Waals surface area (Å²) < 4.78 is 47.3. The zero-order chi connectivity index (χ0) is 27.7. The van der Waals surface area contributed by atoms with E-state index in [1.165, 1.54) is 18.2 Å². The number of esters is 1. The van der Waals surface area contributed by atoms with Crippen molar-refractivity contribution in [3.63, 3.8) is 0 Å². The molecule has 0 aliphatic carbocycles. The summed E-state index contributed by atoms with van der Waals surface area (Å²) in [6.07, 6.45) is 1.69. The fraction of sp³-hybridized carbons (Fsp3) is 0.720. The van der Waals surface area contributed by atoms with Crippen molar-refractivity contribution in [2.45, 2.75) is 89.7 Å². The number of hydrogen-bond acceptors (Lipinski definition) is 8. The number of benzene rings is 1. The molecule has 2 unspecified atom stereocenters. The maximum Gasteiger partial charge on any atom is 0.457 e. The molecular weight excluding hydrogens is 497 g/mol. The Morgan fingerprint density at radius 1 is 1.22 bits per heavy atom. The summed E-state index contributed by atoms with van der Waals surface area (Å²) in [6.45, 7) is 10.7. The molecule has 2 aliphatic heterocycles. The molecule has 0 aromatic heterocycles. The van der Waals surface area contributed by atoms with E-state index in [2.05, 4.69) is 4.72 Å². The van der Waals surface area contributed by atoms with Crippen LogP contribution in [0.25, 0.3) is 0 Å². The lowest BCUT2D eigenvalue weighted by Crippen LogP contribution is -2.56. The van der Waals surface area contributed by atoms with Crippen molar-refractivity contribution in [1.29, 1.82) is 0 Å². The summed E-state index contributed by atoms with van der Waals surface area (Å²) in [5, 5.41) is 9.97. The van der Waals surface area contributed by atoms with Crippen molar-refractivity contribution in [1.82, 2.24) is 9.03 Å². The van der Waals surface area contributed by atoms with Crippen LogP contribution in [0, 0.1) is 5.92 Å². The number of rotatable bonds is 11. The molecule has 4 N–H and O–H groups in total. The van der Waals surface area contributed by atoms with Gasteiger partial charge >= 0.3 is 13.1 Å². The standard InChI is InChI=1S/C25H42BN3O7S/c1-22(2,31)17-28-37(32,33)29-15-20(13-10-14-26-35-23(3,4)24(5,6)36-26)25(27,18-29)21(30)34-16-19-11-8-7-9-12-19/h7-9,11-12,20,28,31H,10,13-18,27H2,1-6H3. The van der Waals surface area contributed by atoms with Gasteiger partial charge in [0, 0.05) is 25.6 Å². The average Bonchev–Trinajstić information content (AvgIpc) is 3.24. The summed E-state index contributed by atoms with van der Waals surface area (Å²) >= 11 is 0. The first-order chi connectivity index (χ1) is 17.0. The molecule has 0 saturated carbocycles. The lowest BCUT2D eigenvalue weighted by molar-refractivity contribution is -0.152. The molecule has 1 aromatic rings. The summed E-state index contributed by atoms with van der Waals surface area (Å²) in [5.41, 5.74) is 3.81. The molecule has 2 fully saturated rings. The van der Waals surface area contributed by atoms with Gasteiger partial charge in [-0.05, 0) is 59.8 Å². The second-order valence-electron chi connectivity index (χ2n) is 11.8. The van der Waals surface area contributed by atoms with E-state index in [4.69, 9.17) is 19.8 Å². The Balaban J connectivity index is 1.70. The molecule has 2 saturated heterocycles. The van der Waals surface area contributed by atoms with E-state index in [-0.39, 0.29) is 26.2 Å². The normalized spacial score (nSPS) is 25.9. The smallest absolute Gasteiger partial charge is 0.457 e. The number of carbonyl (C=O) groups is 1. The monoisotopic (exact) mass is 539 g/mol. The van der Waals surface area contributed by atoms with Crippen LogP contribution in [0.3, 0.4) is 0 Å². The van der Waals surface area contributed by atoms with Crippen LogP contribution in [0.4, 0.5) is 0 Å². The van der Waals surface area contributed by atoms with Crippen LogP contribution in [-0.2, 0) is 35.7 Å². The highest BCUT2D eigenvalue weighted by molar-refractivity contribution is 7.87. The van der Waals surface area contributed by atoms with Gasteiger partial charge in [-0.25, -0.2) is 4.79 Å². The first-order valence-electron chi connectivity index (χ1n) is 12.8. The van der Waals surface area contributed by atoms with E-state index in [1.807, 2.05) is 58.0 Å². The summed E-state index contributed by atoms with van der Waals surface area (Å²) in [5.74, 6) is -1.12. The molecule has 0 amide bonds. The Labute approximate surface area is 221 Å². The lowest BCUT2D eigenvalue weighted by atomic mass is 9.78. The first-order valence-corrected chi connectivity index (χ1v) is 14.2. The van der Waals surface area contributed by atoms with E-state index in [0.717, 1.165) is 5.56 Å². The van der Waals surface area contributed by atoms with Crippen LogP contribution in [0.2, 0.25) is 6.32 Å². The highest BCUT2D eigenvalue weighted by Gasteiger charge is 2.54. The van der Waals surface area contributed by atoms with Gasteiger partial charge < -0.3 is 24.9 Å². The van der Waals surface area contributed by atoms with Crippen LogP contribution < -0.4 is 10.5 Å². The Kier molecular flexibility index (Phi) is 8.85. The van der Waals surface area contributed by atoms with Crippen molar-refractivity contribution in [3.05, 3.63) is 35.9 Å². The molecule has 1 aromatic carbocycles. The first kappa shape index (κ1) is 30.0. The zero-order valence-electron chi connectivity index (χ0n) is 22.8. The van der Waals surface area contributed by atoms with Gasteiger partial charge in [0.15, 0.2) is 0 Å². The van der Waals surface area contributed by atoms with E-state index in [1.54, 1.807) is 0 Å². The molecule has 0 bridgehead atoms. The van der Waals surface area contributed by atoms with Crippen molar-refractivity contribution >= 4 is 23.3 Å². The Morgan fingerprint density at radius 2 is 1.81 bits per heavy atom. The average molecular weight is 540 g/mol. The Bertz CT molecular complexity index is 1030. The molecule has 10 nitrogen and oxygen atoms in total. The molecule has 12 heteroatoms. The van der Waals surface area contributed by atoms with Gasteiger partial charge in [0.05, 0.1) is 16.8 Å². The molecule has 2 atom stereocenters. The van der Waals surface area contributed by atoms with Gasteiger partial charge in [-0.3, -0.25) is 0 Å². The molecular formula is C25H42BN3O7S. The fourth-order valence-electron chi connectivity index (χ4n) is 4.49. The van der Waals surface area contributed by atoms with Crippen LogP contribution in [0.5, 0.6) is 0 Å². The van der Waals surface area contributed by atoms with Crippen LogP contribution in [0.15, 0.2) is 30.3 Å². The van der Waals surface area contributed by atoms with Crippen molar-refractivity contribution in [3.8, 4) is 0 Å². The molecule has 2 heterocycles. The summed E-state index contributed by atoms with van der Waals surface area (Å²) in [7, 11) is -4.37. The van der Waals surface area contributed by atoms with Crippen LogP contribution in [0.1, 0.15) is 59.9 Å². The number of hydrogen-bond donors (Lipinski definition) is 3. The number of nitrogens with one attached hydrogen (secondary N) is 1. The second-order valence-corrected chi connectivity index (χ2v) is 13.6. The minimum Gasteiger partial charge on any atom is -0.459 e. The van der Waals surface area contributed by atoms with E-state index in [9.17, 15) is 18.3 Å². The highest BCUT2D eigenvalue weighted by atomic mass is 32.2. The third kappa shape index (κ3) is 7.32. The number of aliphatic hydroxyl groups is 1. The van der Waals surface area contributed by atoms with Gasteiger partial charge in [0.1, 0.15) is 12.1 Å². The van der Waals surface area contributed by atoms with E-state index >= 15 is 0 Å². The van der Waals surface area contributed by atoms with Crippen LogP contribution in [-0.4, -0.2) is 72.9 Å². The minimum atomic E-state index is -3.98. The molecule has 3 rings (SSSR count). The largest absolute Gasteiger partial charge is 0.459 e. The fourth-order valence-corrected chi connectivity index (χ4v) is 5.97. The molecule has 0 spiro atoms. The Hall–Kier alpha value is -1.54. The topological polar surface area (TPSA) is 140 Å². The van der Waals surface area contributed by atoms with E-state index in [0.29, 0.717) is 19.2 Å². The lowest BCUT2D eigenvalue weighted by Gasteiger charge is -2.32. The molecule has 208 valence electrons. The van der Waals surface area contributed by atoms with Gasteiger partial charge in [0.25, 0.3) is 10.2 Å². The van der Waals surface area contributed by atoms with Crippen molar-refractivity contribution in [2.75, 3.05) is 19.6 Å². The van der Waals surface area contributed by atoms with E-state index < -0.39 is 51.6 Å². The third-order valence-electron chi connectivity index (χ3n) is 7.50. The predicted octanol–water partition coefficient (Wildman–Crippen LogP) is 1.84.